The van der Waals surface area contributed by atoms with Gasteiger partial charge in [-0.1, -0.05) is 18.2 Å². The van der Waals surface area contributed by atoms with Crippen molar-refractivity contribution in [2.24, 2.45) is 7.05 Å². The molecule has 0 aliphatic carbocycles. The first kappa shape index (κ1) is 14.9. The third-order valence-electron chi connectivity index (χ3n) is 5.30. The number of hydrogen-bond donors (Lipinski definition) is 1. The zero-order valence-electron chi connectivity index (χ0n) is 13.7. The van der Waals surface area contributed by atoms with E-state index >= 15 is 0 Å². The minimum absolute atomic E-state index is 0.0975. The number of amides is 1. The maximum Gasteiger partial charge on any atom is 0.274 e. The van der Waals surface area contributed by atoms with Crippen LogP contribution in [0.5, 0.6) is 0 Å². The number of piperidine rings is 1. The van der Waals surface area contributed by atoms with Crippen LogP contribution in [0.2, 0.25) is 0 Å². The molecule has 6 heteroatoms. The fraction of sp³-hybridized carbons (Fsp3) is 0.389. The molecule has 4 rings (SSSR count). The highest BCUT2D eigenvalue weighted by atomic mass is 16.2. The highest BCUT2D eigenvalue weighted by molar-refractivity contribution is 5.92. The maximum absolute atomic E-state index is 12.6. The summed E-state index contributed by atoms with van der Waals surface area (Å²) in [5, 5.41) is 7.57. The van der Waals surface area contributed by atoms with E-state index in [-0.39, 0.29) is 16.9 Å². The van der Waals surface area contributed by atoms with Crippen molar-refractivity contribution in [3.05, 3.63) is 58.0 Å². The van der Waals surface area contributed by atoms with Gasteiger partial charge in [0.15, 0.2) is 0 Å². The quantitative estimate of drug-likeness (QED) is 0.860. The third kappa shape index (κ3) is 2.29. The number of hydrogen-bond acceptors (Lipinski definition) is 4. The lowest BCUT2D eigenvalue weighted by molar-refractivity contribution is 0.0667. The molecule has 2 aliphatic rings. The number of nitrogens with zero attached hydrogens (tertiary/aromatic N) is 3. The van der Waals surface area contributed by atoms with Gasteiger partial charge in [0.05, 0.1) is 0 Å². The molecule has 24 heavy (non-hydrogen) atoms. The van der Waals surface area contributed by atoms with Crippen LogP contribution in [0.3, 0.4) is 0 Å². The van der Waals surface area contributed by atoms with Gasteiger partial charge >= 0.3 is 0 Å². The molecule has 1 aromatic carbocycles. The van der Waals surface area contributed by atoms with Gasteiger partial charge in [-0.25, -0.2) is 4.68 Å². The second-order valence-corrected chi connectivity index (χ2v) is 6.65. The third-order valence-corrected chi connectivity index (χ3v) is 5.30. The van der Waals surface area contributed by atoms with E-state index in [1.807, 2.05) is 4.90 Å². The summed E-state index contributed by atoms with van der Waals surface area (Å²) < 4.78 is 1.20. The number of anilines is 1. The number of benzene rings is 1. The number of para-hydroxylation sites is 1. The maximum atomic E-state index is 12.6. The number of carbonyl (C=O) groups excluding carboxylic acids is 1. The van der Waals surface area contributed by atoms with Crippen molar-refractivity contribution in [1.29, 1.82) is 0 Å². The second-order valence-electron chi connectivity index (χ2n) is 6.65. The topological polar surface area (TPSA) is 67.2 Å². The Kier molecular flexibility index (Phi) is 3.40. The van der Waals surface area contributed by atoms with E-state index in [1.165, 1.54) is 28.1 Å². The largest absolute Gasteiger partial charge is 0.384 e. The molecule has 6 nitrogen and oxygen atoms in total. The first-order valence-electron chi connectivity index (χ1n) is 8.26. The summed E-state index contributed by atoms with van der Waals surface area (Å²) in [6, 6.07) is 11.4. The van der Waals surface area contributed by atoms with Crippen molar-refractivity contribution in [3.8, 4) is 0 Å². The molecular weight excluding hydrogens is 304 g/mol. The monoisotopic (exact) mass is 324 g/mol. The Balaban J connectivity index is 1.51. The molecule has 3 heterocycles. The van der Waals surface area contributed by atoms with Crippen molar-refractivity contribution in [2.75, 3.05) is 25.0 Å². The van der Waals surface area contributed by atoms with Gasteiger partial charge in [0, 0.05) is 43.9 Å². The SMILES string of the molecule is Cn1nc(C(=O)N2CCC3(CC2)CNc2ccccc23)ccc1=O. The summed E-state index contributed by atoms with van der Waals surface area (Å²) in [5.74, 6) is -0.0975. The minimum atomic E-state index is -0.210. The molecule has 2 aliphatic heterocycles. The van der Waals surface area contributed by atoms with Crippen LogP contribution in [0.1, 0.15) is 28.9 Å². The molecule has 0 radical (unpaired) electrons. The van der Waals surface area contributed by atoms with Crippen LogP contribution in [0.15, 0.2) is 41.2 Å². The lowest BCUT2D eigenvalue weighted by Crippen LogP contribution is -2.46. The molecule has 2 aromatic rings. The van der Waals surface area contributed by atoms with Gasteiger partial charge in [0.1, 0.15) is 5.69 Å². The highest BCUT2D eigenvalue weighted by Crippen LogP contribution is 2.43. The minimum Gasteiger partial charge on any atom is -0.384 e. The van der Waals surface area contributed by atoms with Gasteiger partial charge in [0.25, 0.3) is 11.5 Å². The molecule has 1 spiro atoms. The molecule has 0 unspecified atom stereocenters. The highest BCUT2D eigenvalue weighted by Gasteiger charge is 2.42. The zero-order chi connectivity index (χ0) is 16.7. The summed E-state index contributed by atoms with van der Waals surface area (Å²) in [4.78, 5) is 25.9. The molecule has 1 fully saturated rings. The number of aromatic nitrogens is 2. The fourth-order valence-corrected chi connectivity index (χ4v) is 3.82. The normalized spacial score (nSPS) is 18.3. The van der Waals surface area contributed by atoms with Gasteiger partial charge in [-0.2, -0.15) is 5.10 Å². The summed E-state index contributed by atoms with van der Waals surface area (Å²) >= 11 is 0. The van der Waals surface area contributed by atoms with Crippen LogP contribution in [0, 0.1) is 0 Å². The van der Waals surface area contributed by atoms with Crippen LogP contribution in [0.4, 0.5) is 5.69 Å². The standard InChI is InChI=1S/C18H20N4O2/c1-21-16(23)7-6-15(20-21)17(24)22-10-8-18(9-11-22)12-19-14-5-3-2-4-13(14)18/h2-7,19H,8-12H2,1H3. The van der Waals surface area contributed by atoms with Crippen LogP contribution in [0.25, 0.3) is 0 Å². The van der Waals surface area contributed by atoms with E-state index in [0.29, 0.717) is 18.8 Å². The fourth-order valence-electron chi connectivity index (χ4n) is 3.82. The molecule has 0 bridgehead atoms. The van der Waals surface area contributed by atoms with Crippen LogP contribution < -0.4 is 10.9 Å². The molecule has 1 saturated heterocycles. The average Bonchev–Trinajstić information content (AvgIpc) is 2.96. The van der Waals surface area contributed by atoms with E-state index in [2.05, 4.69) is 34.7 Å². The van der Waals surface area contributed by atoms with Crippen molar-refractivity contribution < 1.29 is 4.79 Å². The average molecular weight is 324 g/mol. The molecule has 1 N–H and O–H groups in total. The van der Waals surface area contributed by atoms with E-state index in [9.17, 15) is 9.59 Å². The van der Waals surface area contributed by atoms with E-state index < -0.39 is 0 Å². The predicted octanol–water partition coefficient (Wildman–Crippen LogP) is 1.38. The van der Waals surface area contributed by atoms with Crippen LogP contribution >= 0.6 is 0 Å². The molecule has 1 aromatic heterocycles. The number of rotatable bonds is 1. The van der Waals surface area contributed by atoms with Crippen LogP contribution in [-0.4, -0.2) is 40.2 Å². The Hall–Kier alpha value is -2.63. The Morgan fingerprint density at radius 1 is 1.17 bits per heavy atom. The lowest BCUT2D eigenvalue weighted by Gasteiger charge is -2.39. The van der Waals surface area contributed by atoms with Gasteiger partial charge in [-0.15, -0.1) is 0 Å². The van der Waals surface area contributed by atoms with Crippen molar-refractivity contribution in [2.45, 2.75) is 18.3 Å². The summed E-state index contributed by atoms with van der Waals surface area (Å²) in [6.07, 6.45) is 1.88. The van der Waals surface area contributed by atoms with E-state index in [0.717, 1.165) is 19.4 Å². The Labute approximate surface area is 140 Å². The smallest absolute Gasteiger partial charge is 0.274 e. The first-order valence-corrected chi connectivity index (χ1v) is 8.26. The molecule has 124 valence electrons. The van der Waals surface area contributed by atoms with Gasteiger partial charge in [0.2, 0.25) is 0 Å². The van der Waals surface area contributed by atoms with Crippen molar-refractivity contribution in [1.82, 2.24) is 14.7 Å². The Morgan fingerprint density at radius 2 is 1.92 bits per heavy atom. The van der Waals surface area contributed by atoms with Crippen molar-refractivity contribution in [3.63, 3.8) is 0 Å². The number of likely N-dealkylation sites (tertiary alicyclic amines) is 1. The number of nitrogens with one attached hydrogen (secondary N) is 1. The summed E-state index contributed by atoms with van der Waals surface area (Å²) in [6.45, 7) is 2.35. The van der Waals surface area contributed by atoms with Gasteiger partial charge in [-0.3, -0.25) is 9.59 Å². The van der Waals surface area contributed by atoms with Crippen molar-refractivity contribution >= 4 is 11.6 Å². The molecule has 0 atom stereocenters. The summed E-state index contributed by atoms with van der Waals surface area (Å²) in [5.41, 5.74) is 2.84. The molecular formula is C18H20N4O2. The number of fused-ring (bicyclic) bond motifs is 2. The lowest BCUT2D eigenvalue weighted by atomic mass is 9.74. The Morgan fingerprint density at radius 3 is 2.67 bits per heavy atom. The Bertz CT molecular complexity index is 850. The predicted molar refractivity (Wildman–Crippen MR) is 91.2 cm³/mol. The molecule has 0 saturated carbocycles. The van der Waals surface area contributed by atoms with Crippen LogP contribution in [-0.2, 0) is 12.5 Å². The van der Waals surface area contributed by atoms with Gasteiger partial charge < -0.3 is 10.2 Å². The number of aryl methyl sites for hydroxylation is 1. The first-order chi connectivity index (χ1) is 11.6. The number of carbonyl (C=O) groups is 1. The second kappa shape index (κ2) is 5.47. The van der Waals surface area contributed by atoms with E-state index in [4.69, 9.17) is 0 Å². The summed E-state index contributed by atoms with van der Waals surface area (Å²) in [7, 11) is 1.56. The van der Waals surface area contributed by atoms with Gasteiger partial charge in [-0.05, 0) is 30.5 Å². The zero-order valence-corrected chi connectivity index (χ0v) is 13.7. The molecule has 1 amide bonds. The van der Waals surface area contributed by atoms with E-state index in [1.54, 1.807) is 7.05 Å².